The predicted octanol–water partition coefficient (Wildman–Crippen LogP) is 2.28. The van der Waals surface area contributed by atoms with E-state index in [1.807, 2.05) is 53.4 Å². The summed E-state index contributed by atoms with van der Waals surface area (Å²) in [6.07, 6.45) is 0.767. The number of amides is 1. The van der Waals surface area contributed by atoms with Gasteiger partial charge in [0, 0.05) is 12.1 Å². The first-order chi connectivity index (χ1) is 12.3. The van der Waals surface area contributed by atoms with Gasteiger partial charge in [0.05, 0.1) is 6.04 Å². The summed E-state index contributed by atoms with van der Waals surface area (Å²) in [5.41, 5.74) is 2.07. The number of benzene rings is 2. The highest BCUT2D eigenvalue weighted by Gasteiger charge is 2.28. The summed E-state index contributed by atoms with van der Waals surface area (Å²) in [6.45, 7) is 0.860. The molecule has 6 heteroatoms. The van der Waals surface area contributed by atoms with E-state index >= 15 is 0 Å². The zero-order chi connectivity index (χ0) is 17.1. The van der Waals surface area contributed by atoms with E-state index < -0.39 is 0 Å². The van der Waals surface area contributed by atoms with Gasteiger partial charge in [-0.2, -0.15) is 4.98 Å². The molecule has 0 aliphatic carbocycles. The van der Waals surface area contributed by atoms with Gasteiger partial charge in [-0.25, -0.2) is 0 Å². The summed E-state index contributed by atoms with van der Waals surface area (Å²) in [5, 5.41) is 7.07. The Balaban J connectivity index is 1.50. The minimum absolute atomic E-state index is 0.00993. The van der Waals surface area contributed by atoms with Gasteiger partial charge in [-0.05, 0) is 12.0 Å². The van der Waals surface area contributed by atoms with Gasteiger partial charge in [-0.15, -0.1) is 0 Å². The van der Waals surface area contributed by atoms with Crippen molar-refractivity contribution in [3.63, 3.8) is 0 Å². The number of carbonyl (C=O) groups excluding carboxylic acids is 1. The van der Waals surface area contributed by atoms with Crippen LogP contribution >= 0.6 is 0 Å². The third-order valence-electron chi connectivity index (χ3n) is 4.18. The van der Waals surface area contributed by atoms with Gasteiger partial charge in [-0.3, -0.25) is 4.79 Å². The minimum atomic E-state index is -0.0355. The van der Waals surface area contributed by atoms with Crippen molar-refractivity contribution in [2.75, 3.05) is 18.0 Å². The highest BCUT2D eigenvalue weighted by atomic mass is 16.5. The van der Waals surface area contributed by atoms with Crippen LogP contribution in [0, 0.1) is 0 Å². The zero-order valence-electron chi connectivity index (χ0n) is 13.6. The summed E-state index contributed by atoms with van der Waals surface area (Å²) in [4.78, 5) is 18.4. The van der Waals surface area contributed by atoms with Crippen LogP contribution in [0.15, 0.2) is 65.2 Å². The van der Waals surface area contributed by atoms with E-state index in [1.54, 1.807) is 0 Å². The van der Waals surface area contributed by atoms with Gasteiger partial charge in [-0.1, -0.05) is 65.8 Å². The van der Waals surface area contributed by atoms with Gasteiger partial charge in [0.15, 0.2) is 0 Å². The normalized spacial score (nSPS) is 17.4. The molecule has 1 fully saturated rings. The van der Waals surface area contributed by atoms with Gasteiger partial charge in [0.1, 0.15) is 6.54 Å². The van der Waals surface area contributed by atoms with Crippen LogP contribution in [-0.4, -0.2) is 35.2 Å². The maximum Gasteiger partial charge on any atom is 0.324 e. The number of nitrogens with zero attached hydrogens (tertiary/aromatic N) is 3. The Bertz CT molecular complexity index is 848. The maximum absolute atomic E-state index is 12.1. The van der Waals surface area contributed by atoms with E-state index in [0.29, 0.717) is 18.4 Å². The van der Waals surface area contributed by atoms with Crippen molar-refractivity contribution in [3.05, 3.63) is 66.2 Å². The SMILES string of the molecule is O=C1CN(c2nc(-c3ccccc3)no2)C[C@H](Cc2ccccc2)N1. The van der Waals surface area contributed by atoms with Crippen LogP contribution in [0.2, 0.25) is 0 Å². The summed E-state index contributed by atoms with van der Waals surface area (Å²) in [5.74, 6) is 0.493. The molecule has 1 amide bonds. The molecule has 4 rings (SSSR count). The van der Waals surface area contributed by atoms with E-state index in [-0.39, 0.29) is 18.5 Å². The van der Waals surface area contributed by atoms with Crippen LogP contribution in [0.25, 0.3) is 11.4 Å². The lowest BCUT2D eigenvalue weighted by atomic mass is 10.0. The number of rotatable bonds is 4. The highest BCUT2D eigenvalue weighted by molar-refractivity contribution is 5.82. The zero-order valence-corrected chi connectivity index (χ0v) is 13.6. The Morgan fingerprint density at radius 3 is 2.56 bits per heavy atom. The van der Waals surface area contributed by atoms with Crippen LogP contribution in [0.1, 0.15) is 5.56 Å². The van der Waals surface area contributed by atoms with Crippen LogP contribution in [0.3, 0.4) is 0 Å². The lowest BCUT2D eigenvalue weighted by molar-refractivity contribution is -0.121. The predicted molar refractivity (Wildman–Crippen MR) is 94.0 cm³/mol. The molecule has 1 saturated heterocycles. The number of carbonyl (C=O) groups is 1. The van der Waals surface area contributed by atoms with Gasteiger partial charge < -0.3 is 14.7 Å². The molecule has 0 saturated carbocycles. The molecule has 0 unspecified atom stereocenters. The number of aromatic nitrogens is 2. The molecule has 0 radical (unpaired) electrons. The standard InChI is InChI=1S/C19H18N4O2/c24-17-13-23(12-16(20-17)11-14-7-3-1-4-8-14)19-21-18(22-25-19)15-9-5-2-6-10-15/h1-10,16H,11-13H2,(H,20,24)/t16-/m0/s1. The fourth-order valence-electron chi connectivity index (χ4n) is 3.03. The Kier molecular flexibility index (Phi) is 4.16. The molecule has 0 bridgehead atoms. The number of hydrogen-bond donors (Lipinski definition) is 1. The molecule has 1 aliphatic heterocycles. The molecule has 25 heavy (non-hydrogen) atoms. The van der Waals surface area contributed by atoms with E-state index in [2.05, 4.69) is 27.6 Å². The molecule has 0 spiro atoms. The molecule has 2 aromatic carbocycles. The number of anilines is 1. The van der Waals surface area contributed by atoms with Crippen molar-refractivity contribution in [1.29, 1.82) is 0 Å². The van der Waals surface area contributed by atoms with Crippen molar-refractivity contribution in [3.8, 4) is 11.4 Å². The average Bonchev–Trinajstić information content (AvgIpc) is 3.13. The monoisotopic (exact) mass is 334 g/mol. The number of hydrogen-bond acceptors (Lipinski definition) is 5. The summed E-state index contributed by atoms with van der Waals surface area (Å²) >= 11 is 0. The maximum atomic E-state index is 12.1. The lowest BCUT2D eigenvalue weighted by Gasteiger charge is -2.31. The highest BCUT2D eigenvalue weighted by Crippen LogP contribution is 2.21. The van der Waals surface area contributed by atoms with Crippen LogP contribution in [-0.2, 0) is 11.2 Å². The molecule has 126 valence electrons. The first-order valence-electron chi connectivity index (χ1n) is 8.25. The van der Waals surface area contributed by atoms with Crippen LogP contribution < -0.4 is 10.2 Å². The third-order valence-corrected chi connectivity index (χ3v) is 4.18. The molecule has 3 aromatic rings. The smallest absolute Gasteiger partial charge is 0.324 e. The average molecular weight is 334 g/mol. The van der Waals surface area contributed by atoms with E-state index in [1.165, 1.54) is 5.56 Å². The lowest BCUT2D eigenvalue weighted by Crippen LogP contribution is -2.55. The summed E-state index contributed by atoms with van der Waals surface area (Å²) < 4.78 is 5.39. The molecule has 6 nitrogen and oxygen atoms in total. The topological polar surface area (TPSA) is 71.3 Å². The molecule has 1 aliphatic rings. The fraction of sp³-hybridized carbons (Fsp3) is 0.211. The first kappa shape index (κ1) is 15.4. The largest absolute Gasteiger partial charge is 0.350 e. The summed E-state index contributed by atoms with van der Waals surface area (Å²) in [6, 6.07) is 20.1. The molecule has 1 N–H and O–H groups in total. The molecular formula is C19H18N4O2. The van der Waals surface area contributed by atoms with Crippen molar-refractivity contribution in [2.24, 2.45) is 0 Å². The Labute approximate surface area is 145 Å². The Hall–Kier alpha value is -3.15. The Morgan fingerprint density at radius 1 is 1.08 bits per heavy atom. The molecule has 1 aromatic heterocycles. The van der Waals surface area contributed by atoms with Gasteiger partial charge >= 0.3 is 6.01 Å². The summed E-state index contributed by atoms with van der Waals surface area (Å²) in [7, 11) is 0. The molecule has 2 heterocycles. The second-order valence-electron chi connectivity index (χ2n) is 6.10. The van der Waals surface area contributed by atoms with E-state index in [4.69, 9.17) is 4.52 Å². The Morgan fingerprint density at radius 2 is 1.80 bits per heavy atom. The quantitative estimate of drug-likeness (QED) is 0.792. The van der Waals surface area contributed by atoms with Crippen molar-refractivity contribution < 1.29 is 9.32 Å². The second kappa shape index (κ2) is 6.76. The first-order valence-corrected chi connectivity index (χ1v) is 8.25. The van der Waals surface area contributed by atoms with Crippen molar-refractivity contribution in [1.82, 2.24) is 15.5 Å². The van der Waals surface area contributed by atoms with Crippen molar-refractivity contribution >= 4 is 11.9 Å². The van der Waals surface area contributed by atoms with Crippen LogP contribution in [0.4, 0.5) is 6.01 Å². The third kappa shape index (κ3) is 3.52. The second-order valence-corrected chi connectivity index (χ2v) is 6.10. The van der Waals surface area contributed by atoms with Gasteiger partial charge in [0.2, 0.25) is 11.7 Å². The van der Waals surface area contributed by atoms with Crippen molar-refractivity contribution in [2.45, 2.75) is 12.5 Å². The minimum Gasteiger partial charge on any atom is -0.350 e. The number of piperazine rings is 1. The molecule has 1 atom stereocenters. The van der Waals surface area contributed by atoms with E-state index in [9.17, 15) is 4.79 Å². The van der Waals surface area contributed by atoms with Gasteiger partial charge in [0.25, 0.3) is 0 Å². The fourth-order valence-corrected chi connectivity index (χ4v) is 3.03. The van der Waals surface area contributed by atoms with E-state index in [0.717, 1.165) is 12.0 Å². The van der Waals surface area contributed by atoms with Crippen LogP contribution in [0.5, 0.6) is 0 Å². The molecular weight excluding hydrogens is 316 g/mol. The number of nitrogens with one attached hydrogen (secondary N) is 1.